The standard InChI is InChI=1S/C13H15FN2O2S/c14-10-3-1-9(2-4-10)7-15-13(18)11-8-19-6-5-12(17)16-11/h1-4,11H,5-8H2,(H,15,18)(H,16,17). The Kier molecular flexibility index (Phi) is 4.79. The number of hydrogen-bond donors (Lipinski definition) is 2. The van der Waals surface area contributed by atoms with Crippen molar-refractivity contribution in [1.82, 2.24) is 10.6 Å². The Balaban J connectivity index is 1.86. The van der Waals surface area contributed by atoms with Crippen LogP contribution in [0.5, 0.6) is 0 Å². The van der Waals surface area contributed by atoms with Crippen LogP contribution in [-0.2, 0) is 16.1 Å². The topological polar surface area (TPSA) is 58.2 Å². The van der Waals surface area contributed by atoms with Crippen molar-refractivity contribution in [3.05, 3.63) is 35.6 Å². The predicted octanol–water partition coefficient (Wildman–Crippen LogP) is 1.06. The van der Waals surface area contributed by atoms with Gasteiger partial charge in [0.2, 0.25) is 11.8 Å². The van der Waals surface area contributed by atoms with Gasteiger partial charge in [0.1, 0.15) is 11.9 Å². The summed E-state index contributed by atoms with van der Waals surface area (Å²) in [5, 5.41) is 5.44. The summed E-state index contributed by atoms with van der Waals surface area (Å²) in [6.07, 6.45) is 0.451. The molecule has 1 heterocycles. The molecule has 0 aromatic heterocycles. The summed E-state index contributed by atoms with van der Waals surface area (Å²) >= 11 is 1.59. The van der Waals surface area contributed by atoms with Crippen LogP contribution in [0.15, 0.2) is 24.3 Å². The highest BCUT2D eigenvalue weighted by molar-refractivity contribution is 7.99. The molecule has 0 bridgehead atoms. The highest BCUT2D eigenvalue weighted by atomic mass is 32.2. The third-order valence-corrected chi connectivity index (χ3v) is 3.85. The van der Waals surface area contributed by atoms with Crippen LogP contribution in [0.3, 0.4) is 0 Å². The molecule has 6 heteroatoms. The molecule has 1 unspecified atom stereocenters. The van der Waals surface area contributed by atoms with Crippen LogP contribution in [0.1, 0.15) is 12.0 Å². The van der Waals surface area contributed by atoms with Gasteiger partial charge in [-0.15, -0.1) is 0 Å². The summed E-state index contributed by atoms with van der Waals surface area (Å²) in [5.41, 5.74) is 0.822. The van der Waals surface area contributed by atoms with Gasteiger partial charge >= 0.3 is 0 Å². The summed E-state index contributed by atoms with van der Waals surface area (Å²) in [5.74, 6) is 0.732. The molecule has 0 saturated carbocycles. The van der Waals surface area contributed by atoms with Gasteiger partial charge in [-0.3, -0.25) is 9.59 Å². The summed E-state index contributed by atoms with van der Waals surface area (Å²) < 4.78 is 12.7. The first-order chi connectivity index (χ1) is 9.15. The van der Waals surface area contributed by atoms with Crippen molar-refractivity contribution in [3.63, 3.8) is 0 Å². The normalized spacial score (nSPS) is 19.4. The van der Waals surface area contributed by atoms with Gasteiger partial charge in [0, 0.05) is 24.5 Å². The fraction of sp³-hybridized carbons (Fsp3) is 0.385. The number of halogens is 1. The van der Waals surface area contributed by atoms with Gasteiger partial charge in [0.15, 0.2) is 0 Å². The summed E-state index contributed by atoms with van der Waals surface area (Å²) in [4.78, 5) is 23.3. The van der Waals surface area contributed by atoms with Gasteiger partial charge in [-0.2, -0.15) is 11.8 Å². The molecule has 2 N–H and O–H groups in total. The van der Waals surface area contributed by atoms with E-state index in [2.05, 4.69) is 10.6 Å². The zero-order chi connectivity index (χ0) is 13.7. The minimum atomic E-state index is -0.486. The van der Waals surface area contributed by atoms with E-state index in [9.17, 15) is 14.0 Å². The van der Waals surface area contributed by atoms with E-state index in [0.29, 0.717) is 18.7 Å². The van der Waals surface area contributed by atoms with E-state index in [1.165, 1.54) is 12.1 Å². The minimum absolute atomic E-state index is 0.0908. The van der Waals surface area contributed by atoms with Crippen LogP contribution in [0.25, 0.3) is 0 Å². The Morgan fingerprint density at radius 1 is 1.42 bits per heavy atom. The Morgan fingerprint density at radius 2 is 2.16 bits per heavy atom. The van der Waals surface area contributed by atoms with E-state index in [4.69, 9.17) is 0 Å². The monoisotopic (exact) mass is 282 g/mol. The molecule has 4 nitrogen and oxygen atoms in total. The molecule has 0 spiro atoms. The molecule has 1 atom stereocenters. The fourth-order valence-corrected chi connectivity index (χ4v) is 2.70. The average Bonchev–Trinajstić information content (AvgIpc) is 2.62. The maximum absolute atomic E-state index is 12.7. The zero-order valence-corrected chi connectivity index (χ0v) is 11.1. The predicted molar refractivity (Wildman–Crippen MR) is 72.1 cm³/mol. The molecule has 0 aliphatic carbocycles. The third kappa shape index (κ3) is 4.24. The van der Waals surface area contributed by atoms with Gasteiger partial charge in [-0.05, 0) is 17.7 Å². The van der Waals surface area contributed by atoms with Gasteiger partial charge in [-0.25, -0.2) is 4.39 Å². The first-order valence-electron chi connectivity index (χ1n) is 6.04. The zero-order valence-electron chi connectivity index (χ0n) is 10.3. The van der Waals surface area contributed by atoms with Gasteiger partial charge in [-0.1, -0.05) is 12.1 Å². The van der Waals surface area contributed by atoms with Gasteiger partial charge in [0.25, 0.3) is 0 Å². The Morgan fingerprint density at radius 3 is 2.89 bits per heavy atom. The second-order valence-electron chi connectivity index (χ2n) is 4.29. The molecule has 1 aromatic carbocycles. The Bertz CT molecular complexity index is 464. The van der Waals surface area contributed by atoms with E-state index < -0.39 is 6.04 Å². The molecular weight excluding hydrogens is 267 g/mol. The van der Waals surface area contributed by atoms with Crippen LogP contribution in [0.2, 0.25) is 0 Å². The van der Waals surface area contributed by atoms with Crippen molar-refractivity contribution in [3.8, 4) is 0 Å². The lowest BCUT2D eigenvalue weighted by molar-refractivity contribution is -0.128. The van der Waals surface area contributed by atoms with E-state index in [-0.39, 0.29) is 17.6 Å². The molecule has 0 radical (unpaired) electrons. The van der Waals surface area contributed by atoms with Gasteiger partial charge in [0.05, 0.1) is 0 Å². The van der Waals surface area contributed by atoms with Crippen LogP contribution < -0.4 is 10.6 Å². The molecule has 1 fully saturated rings. The lowest BCUT2D eigenvalue weighted by Crippen LogP contribution is -2.47. The number of rotatable bonds is 3. The van der Waals surface area contributed by atoms with Crippen LogP contribution in [0, 0.1) is 5.82 Å². The van der Waals surface area contributed by atoms with Crippen molar-refractivity contribution in [2.45, 2.75) is 19.0 Å². The maximum Gasteiger partial charge on any atom is 0.243 e. The van der Waals surface area contributed by atoms with Crippen LogP contribution in [0.4, 0.5) is 4.39 Å². The molecule has 1 aromatic rings. The SMILES string of the molecule is O=C1CCSCC(C(=O)NCc2ccc(F)cc2)N1. The quantitative estimate of drug-likeness (QED) is 0.871. The second-order valence-corrected chi connectivity index (χ2v) is 5.44. The Hall–Kier alpha value is -1.56. The fourth-order valence-electron chi connectivity index (χ4n) is 1.73. The number of hydrogen-bond acceptors (Lipinski definition) is 3. The first kappa shape index (κ1) is 13.9. The van der Waals surface area contributed by atoms with Crippen LogP contribution in [-0.4, -0.2) is 29.4 Å². The molecule has 102 valence electrons. The highest BCUT2D eigenvalue weighted by Crippen LogP contribution is 2.10. The van der Waals surface area contributed by atoms with E-state index in [0.717, 1.165) is 11.3 Å². The number of nitrogens with one attached hydrogen (secondary N) is 2. The van der Waals surface area contributed by atoms with Crippen molar-refractivity contribution in [2.24, 2.45) is 0 Å². The smallest absolute Gasteiger partial charge is 0.243 e. The summed E-state index contributed by atoms with van der Waals surface area (Å²) in [6, 6.07) is 5.46. The molecule has 2 amide bonds. The van der Waals surface area contributed by atoms with E-state index in [1.54, 1.807) is 23.9 Å². The maximum atomic E-state index is 12.7. The number of thioether (sulfide) groups is 1. The molecule has 1 aliphatic heterocycles. The van der Waals surface area contributed by atoms with Crippen molar-refractivity contribution in [2.75, 3.05) is 11.5 Å². The van der Waals surface area contributed by atoms with Crippen LogP contribution >= 0.6 is 11.8 Å². The van der Waals surface area contributed by atoms with E-state index in [1.807, 2.05) is 0 Å². The second kappa shape index (κ2) is 6.56. The third-order valence-electron chi connectivity index (χ3n) is 2.79. The first-order valence-corrected chi connectivity index (χ1v) is 7.20. The minimum Gasteiger partial charge on any atom is -0.350 e. The molecule has 1 aliphatic rings. The van der Waals surface area contributed by atoms with E-state index >= 15 is 0 Å². The molecule has 19 heavy (non-hydrogen) atoms. The number of carbonyl (C=O) groups excluding carboxylic acids is 2. The number of carbonyl (C=O) groups is 2. The number of amides is 2. The Labute approximate surface area is 115 Å². The van der Waals surface area contributed by atoms with Crippen molar-refractivity contribution in [1.29, 1.82) is 0 Å². The average molecular weight is 282 g/mol. The highest BCUT2D eigenvalue weighted by Gasteiger charge is 2.22. The molecular formula is C13H15FN2O2S. The van der Waals surface area contributed by atoms with Crippen molar-refractivity contribution >= 4 is 23.6 Å². The van der Waals surface area contributed by atoms with Crippen molar-refractivity contribution < 1.29 is 14.0 Å². The van der Waals surface area contributed by atoms with Gasteiger partial charge < -0.3 is 10.6 Å². The lowest BCUT2D eigenvalue weighted by atomic mass is 10.2. The summed E-state index contributed by atoms with van der Waals surface area (Å²) in [7, 11) is 0. The molecule has 1 saturated heterocycles. The molecule has 2 rings (SSSR count). The largest absolute Gasteiger partial charge is 0.350 e. The number of benzene rings is 1. The summed E-state index contributed by atoms with van der Waals surface area (Å²) in [6.45, 7) is 0.330. The lowest BCUT2D eigenvalue weighted by Gasteiger charge is -2.15.